The SMILES string of the molecule is N#Cc1ccc(CCN2CCNCC2)cc1. The van der Waals surface area contributed by atoms with Crippen molar-refractivity contribution in [3.05, 3.63) is 35.4 Å². The summed E-state index contributed by atoms with van der Waals surface area (Å²) in [4.78, 5) is 2.48. The monoisotopic (exact) mass is 215 g/mol. The number of hydrogen-bond donors (Lipinski definition) is 1. The van der Waals surface area contributed by atoms with Crippen molar-refractivity contribution < 1.29 is 0 Å². The summed E-state index contributed by atoms with van der Waals surface area (Å²) >= 11 is 0. The van der Waals surface area contributed by atoms with Crippen LogP contribution in [0.1, 0.15) is 11.1 Å². The first kappa shape index (κ1) is 11.1. The average molecular weight is 215 g/mol. The normalized spacial score (nSPS) is 16.9. The third kappa shape index (κ3) is 3.06. The minimum atomic E-state index is 0.742. The van der Waals surface area contributed by atoms with Crippen molar-refractivity contribution in [2.75, 3.05) is 32.7 Å². The van der Waals surface area contributed by atoms with Gasteiger partial charge in [-0.3, -0.25) is 0 Å². The van der Waals surface area contributed by atoms with E-state index in [9.17, 15) is 0 Å². The molecule has 0 atom stereocenters. The van der Waals surface area contributed by atoms with Crippen molar-refractivity contribution in [2.24, 2.45) is 0 Å². The number of benzene rings is 1. The zero-order valence-corrected chi connectivity index (χ0v) is 9.45. The Hall–Kier alpha value is -1.37. The Balaban J connectivity index is 1.82. The number of nitrogens with one attached hydrogen (secondary N) is 1. The van der Waals surface area contributed by atoms with E-state index in [1.54, 1.807) is 0 Å². The van der Waals surface area contributed by atoms with E-state index in [2.05, 4.69) is 28.4 Å². The molecule has 1 fully saturated rings. The van der Waals surface area contributed by atoms with Crippen molar-refractivity contribution in [1.29, 1.82) is 5.26 Å². The lowest BCUT2D eigenvalue weighted by atomic mass is 10.1. The molecule has 3 nitrogen and oxygen atoms in total. The van der Waals surface area contributed by atoms with E-state index in [4.69, 9.17) is 5.26 Å². The van der Waals surface area contributed by atoms with Gasteiger partial charge >= 0.3 is 0 Å². The molecular formula is C13H17N3. The summed E-state index contributed by atoms with van der Waals surface area (Å²) < 4.78 is 0. The van der Waals surface area contributed by atoms with E-state index >= 15 is 0 Å². The molecule has 0 aliphatic carbocycles. The van der Waals surface area contributed by atoms with Gasteiger partial charge in [-0.1, -0.05) is 12.1 Å². The first-order valence-corrected chi connectivity index (χ1v) is 5.80. The van der Waals surface area contributed by atoms with Crippen LogP contribution in [0.2, 0.25) is 0 Å². The second-order valence-corrected chi connectivity index (χ2v) is 4.15. The zero-order chi connectivity index (χ0) is 11.2. The molecule has 2 rings (SSSR count). The highest BCUT2D eigenvalue weighted by Crippen LogP contribution is 2.05. The molecular weight excluding hydrogens is 198 g/mol. The maximum Gasteiger partial charge on any atom is 0.0991 e. The summed E-state index contributed by atoms with van der Waals surface area (Å²) in [6, 6.07) is 10.0. The van der Waals surface area contributed by atoms with E-state index in [-0.39, 0.29) is 0 Å². The molecule has 1 aliphatic heterocycles. The second-order valence-electron chi connectivity index (χ2n) is 4.15. The van der Waals surface area contributed by atoms with Gasteiger partial charge in [-0.05, 0) is 24.1 Å². The summed E-state index contributed by atoms with van der Waals surface area (Å²) in [5.74, 6) is 0. The highest BCUT2D eigenvalue weighted by atomic mass is 15.2. The number of hydrogen-bond acceptors (Lipinski definition) is 3. The van der Waals surface area contributed by atoms with Gasteiger partial charge < -0.3 is 10.2 Å². The molecule has 0 unspecified atom stereocenters. The fourth-order valence-corrected chi connectivity index (χ4v) is 1.97. The third-order valence-corrected chi connectivity index (χ3v) is 3.01. The van der Waals surface area contributed by atoms with Crippen molar-refractivity contribution >= 4 is 0 Å². The van der Waals surface area contributed by atoms with Crippen LogP contribution in [0.15, 0.2) is 24.3 Å². The van der Waals surface area contributed by atoms with Gasteiger partial charge in [0.1, 0.15) is 0 Å². The van der Waals surface area contributed by atoms with Crippen LogP contribution in [-0.4, -0.2) is 37.6 Å². The summed E-state index contributed by atoms with van der Waals surface area (Å²) in [5, 5.41) is 12.0. The smallest absolute Gasteiger partial charge is 0.0991 e. The number of nitrogens with zero attached hydrogens (tertiary/aromatic N) is 2. The minimum Gasteiger partial charge on any atom is -0.314 e. The molecule has 0 bridgehead atoms. The van der Waals surface area contributed by atoms with Gasteiger partial charge in [0, 0.05) is 32.7 Å². The van der Waals surface area contributed by atoms with Gasteiger partial charge in [-0.2, -0.15) is 5.26 Å². The lowest BCUT2D eigenvalue weighted by Crippen LogP contribution is -2.44. The molecule has 0 spiro atoms. The van der Waals surface area contributed by atoms with Crippen molar-refractivity contribution in [3.63, 3.8) is 0 Å². The topological polar surface area (TPSA) is 39.1 Å². The molecule has 1 aromatic carbocycles. The standard InChI is InChI=1S/C13H17N3/c14-11-13-3-1-12(2-4-13)5-8-16-9-6-15-7-10-16/h1-4,15H,5-10H2. The highest BCUT2D eigenvalue weighted by Gasteiger charge is 2.08. The molecule has 0 radical (unpaired) electrons. The van der Waals surface area contributed by atoms with Crippen molar-refractivity contribution in [1.82, 2.24) is 10.2 Å². The van der Waals surface area contributed by atoms with Gasteiger partial charge in [0.25, 0.3) is 0 Å². The van der Waals surface area contributed by atoms with E-state index < -0.39 is 0 Å². The van der Waals surface area contributed by atoms with Gasteiger partial charge in [-0.15, -0.1) is 0 Å². The molecule has 16 heavy (non-hydrogen) atoms. The van der Waals surface area contributed by atoms with Gasteiger partial charge in [-0.25, -0.2) is 0 Å². The van der Waals surface area contributed by atoms with Crippen LogP contribution in [0, 0.1) is 11.3 Å². The first-order valence-electron chi connectivity index (χ1n) is 5.80. The van der Waals surface area contributed by atoms with E-state index in [1.807, 2.05) is 12.1 Å². The lowest BCUT2D eigenvalue weighted by molar-refractivity contribution is 0.244. The Morgan fingerprint density at radius 1 is 1.19 bits per heavy atom. The Morgan fingerprint density at radius 3 is 2.50 bits per heavy atom. The molecule has 1 saturated heterocycles. The first-order chi connectivity index (χ1) is 7.88. The van der Waals surface area contributed by atoms with Crippen molar-refractivity contribution in [2.45, 2.75) is 6.42 Å². The summed E-state index contributed by atoms with van der Waals surface area (Å²) in [6.07, 6.45) is 1.08. The number of rotatable bonds is 3. The third-order valence-electron chi connectivity index (χ3n) is 3.01. The largest absolute Gasteiger partial charge is 0.314 e. The molecule has 84 valence electrons. The molecule has 0 aromatic heterocycles. The maximum absolute atomic E-state index is 8.70. The van der Waals surface area contributed by atoms with Crippen LogP contribution < -0.4 is 5.32 Å². The molecule has 3 heteroatoms. The average Bonchev–Trinajstić information content (AvgIpc) is 2.38. The quantitative estimate of drug-likeness (QED) is 0.817. The number of piperazine rings is 1. The molecule has 0 amide bonds. The summed E-state index contributed by atoms with van der Waals surface area (Å²) in [7, 11) is 0. The lowest BCUT2D eigenvalue weighted by Gasteiger charge is -2.27. The minimum absolute atomic E-state index is 0.742. The summed E-state index contributed by atoms with van der Waals surface area (Å²) in [6.45, 7) is 5.63. The summed E-state index contributed by atoms with van der Waals surface area (Å²) in [5.41, 5.74) is 2.06. The van der Waals surface area contributed by atoms with E-state index in [0.29, 0.717) is 0 Å². The Morgan fingerprint density at radius 2 is 1.88 bits per heavy atom. The van der Waals surface area contributed by atoms with Gasteiger partial charge in [0.15, 0.2) is 0 Å². The fourth-order valence-electron chi connectivity index (χ4n) is 1.97. The highest BCUT2D eigenvalue weighted by molar-refractivity contribution is 5.31. The van der Waals surface area contributed by atoms with Crippen LogP contribution in [0.3, 0.4) is 0 Å². The van der Waals surface area contributed by atoms with Crippen LogP contribution in [-0.2, 0) is 6.42 Å². The van der Waals surface area contributed by atoms with Crippen LogP contribution in [0.4, 0.5) is 0 Å². The fraction of sp³-hybridized carbons (Fsp3) is 0.462. The Kier molecular flexibility index (Phi) is 3.92. The van der Waals surface area contributed by atoms with Crippen LogP contribution in [0.25, 0.3) is 0 Å². The van der Waals surface area contributed by atoms with E-state index in [1.165, 1.54) is 5.56 Å². The predicted octanol–water partition coefficient (Wildman–Crippen LogP) is 1.01. The predicted molar refractivity (Wildman–Crippen MR) is 64.2 cm³/mol. The molecule has 1 aromatic rings. The molecule has 1 N–H and O–H groups in total. The molecule has 0 saturated carbocycles. The van der Waals surface area contributed by atoms with Gasteiger partial charge in [0.2, 0.25) is 0 Å². The Labute approximate surface area is 96.7 Å². The maximum atomic E-state index is 8.70. The van der Waals surface area contributed by atoms with E-state index in [0.717, 1.165) is 44.7 Å². The zero-order valence-electron chi connectivity index (χ0n) is 9.45. The van der Waals surface area contributed by atoms with Crippen LogP contribution >= 0.6 is 0 Å². The molecule has 1 aliphatic rings. The molecule has 1 heterocycles. The van der Waals surface area contributed by atoms with Crippen LogP contribution in [0.5, 0.6) is 0 Å². The van der Waals surface area contributed by atoms with Gasteiger partial charge in [0.05, 0.1) is 11.6 Å². The van der Waals surface area contributed by atoms with Crippen molar-refractivity contribution in [3.8, 4) is 6.07 Å². The second kappa shape index (κ2) is 5.64. The number of nitriles is 1. The Bertz CT molecular complexity index is 358.